The molecule has 114 valence electrons. The second-order valence-corrected chi connectivity index (χ2v) is 6.38. The SMILES string of the molecule is CNC1(CC(=O)NC2CCC(C(=O)O)C2)CCCCC1. The van der Waals surface area contributed by atoms with Crippen molar-refractivity contribution in [3.63, 3.8) is 0 Å². The van der Waals surface area contributed by atoms with Crippen LogP contribution in [0.4, 0.5) is 0 Å². The summed E-state index contributed by atoms with van der Waals surface area (Å²) in [6.07, 6.45) is 8.28. The van der Waals surface area contributed by atoms with Gasteiger partial charge in [-0.25, -0.2) is 0 Å². The number of rotatable bonds is 5. The van der Waals surface area contributed by atoms with Crippen LogP contribution in [-0.2, 0) is 9.59 Å². The number of nitrogens with one attached hydrogen (secondary N) is 2. The molecule has 0 aromatic carbocycles. The number of amides is 1. The van der Waals surface area contributed by atoms with Crippen LogP contribution in [0, 0.1) is 5.92 Å². The molecule has 0 heterocycles. The Bertz CT molecular complexity index is 364. The zero-order valence-electron chi connectivity index (χ0n) is 12.3. The third kappa shape index (κ3) is 3.72. The molecule has 0 bridgehead atoms. The summed E-state index contributed by atoms with van der Waals surface area (Å²) in [7, 11) is 1.94. The van der Waals surface area contributed by atoms with Crippen molar-refractivity contribution in [3.05, 3.63) is 0 Å². The molecule has 5 heteroatoms. The monoisotopic (exact) mass is 282 g/mol. The molecular formula is C15H26N2O3. The van der Waals surface area contributed by atoms with Crippen LogP contribution >= 0.6 is 0 Å². The standard InChI is InChI=1S/C15H26N2O3/c1-16-15(7-3-2-4-8-15)10-13(18)17-12-6-5-11(9-12)14(19)20/h11-12,16H,2-10H2,1H3,(H,17,18)(H,19,20). The minimum Gasteiger partial charge on any atom is -0.481 e. The maximum atomic E-state index is 12.2. The molecule has 5 nitrogen and oxygen atoms in total. The van der Waals surface area contributed by atoms with Gasteiger partial charge in [0.15, 0.2) is 0 Å². The van der Waals surface area contributed by atoms with Crippen molar-refractivity contribution in [3.8, 4) is 0 Å². The summed E-state index contributed by atoms with van der Waals surface area (Å²) in [5.41, 5.74) is -0.0485. The molecule has 0 saturated heterocycles. The molecule has 2 atom stereocenters. The quantitative estimate of drug-likeness (QED) is 0.716. The summed E-state index contributed by atoms with van der Waals surface area (Å²) in [4.78, 5) is 23.1. The topological polar surface area (TPSA) is 78.4 Å². The van der Waals surface area contributed by atoms with Gasteiger partial charge < -0.3 is 15.7 Å². The van der Waals surface area contributed by atoms with Crippen LogP contribution in [0.25, 0.3) is 0 Å². The molecule has 0 aromatic rings. The van der Waals surface area contributed by atoms with E-state index in [1.54, 1.807) is 0 Å². The highest BCUT2D eigenvalue weighted by molar-refractivity contribution is 5.78. The maximum absolute atomic E-state index is 12.2. The molecule has 0 aromatic heterocycles. The van der Waals surface area contributed by atoms with Crippen molar-refractivity contribution in [2.75, 3.05) is 7.05 Å². The van der Waals surface area contributed by atoms with E-state index in [9.17, 15) is 9.59 Å². The van der Waals surface area contributed by atoms with E-state index in [0.717, 1.165) is 19.3 Å². The highest BCUT2D eigenvalue weighted by Gasteiger charge is 2.35. The van der Waals surface area contributed by atoms with Crippen molar-refractivity contribution in [1.82, 2.24) is 10.6 Å². The Kier molecular flexibility index (Phi) is 5.02. The third-order valence-electron chi connectivity index (χ3n) is 4.99. The first-order chi connectivity index (χ1) is 9.54. The van der Waals surface area contributed by atoms with Gasteiger partial charge in [-0.15, -0.1) is 0 Å². The number of hydrogen-bond donors (Lipinski definition) is 3. The summed E-state index contributed by atoms with van der Waals surface area (Å²) in [5.74, 6) is -0.953. The van der Waals surface area contributed by atoms with Gasteiger partial charge in [-0.2, -0.15) is 0 Å². The van der Waals surface area contributed by atoms with E-state index >= 15 is 0 Å². The van der Waals surface area contributed by atoms with E-state index in [-0.39, 0.29) is 23.4 Å². The lowest BCUT2D eigenvalue weighted by Crippen LogP contribution is -2.49. The van der Waals surface area contributed by atoms with Crippen molar-refractivity contribution in [2.24, 2.45) is 5.92 Å². The number of carbonyl (C=O) groups is 2. The van der Waals surface area contributed by atoms with Gasteiger partial charge in [0.1, 0.15) is 0 Å². The van der Waals surface area contributed by atoms with E-state index in [1.807, 2.05) is 7.05 Å². The van der Waals surface area contributed by atoms with Crippen molar-refractivity contribution in [1.29, 1.82) is 0 Å². The van der Waals surface area contributed by atoms with Crippen LogP contribution in [0.1, 0.15) is 57.8 Å². The first-order valence-electron chi connectivity index (χ1n) is 7.76. The Morgan fingerprint density at radius 3 is 2.45 bits per heavy atom. The van der Waals surface area contributed by atoms with Gasteiger partial charge in [-0.1, -0.05) is 19.3 Å². The van der Waals surface area contributed by atoms with Gasteiger partial charge in [-0.05, 0) is 39.2 Å². The summed E-state index contributed by atoms with van der Waals surface area (Å²) >= 11 is 0. The predicted octanol–water partition coefficient (Wildman–Crippen LogP) is 1.67. The van der Waals surface area contributed by atoms with Gasteiger partial charge in [-0.3, -0.25) is 9.59 Å². The summed E-state index contributed by atoms with van der Waals surface area (Å²) in [6, 6.07) is 0.0427. The molecule has 2 aliphatic rings. The molecule has 0 spiro atoms. The summed E-state index contributed by atoms with van der Waals surface area (Å²) in [6.45, 7) is 0. The smallest absolute Gasteiger partial charge is 0.306 e. The summed E-state index contributed by atoms with van der Waals surface area (Å²) in [5, 5.41) is 15.4. The Morgan fingerprint density at radius 2 is 1.90 bits per heavy atom. The number of carbonyl (C=O) groups excluding carboxylic acids is 1. The molecule has 3 N–H and O–H groups in total. The van der Waals surface area contributed by atoms with E-state index in [4.69, 9.17) is 5.11 Å². The van der Waals surface area contributed by atoms with Crippen LogP contribution < -0.4 is 10.6 Å². The fourth-order valence-corrected chi connectivity index (χ4v) is 3.67. The van der Waals surface area contributed by atoms with Crippen LogP contribution in [-0.4, -0.2) is 35.6 Å². The molecule has 2 fully saturated rings. The lowest BCUT2D eigenvalue weighted by Gasteiger charge is -2.37. The average Bonchev–Trinajstić information content (AvgIpc) is 2.88. The van der Waals surface area contributed by atoms with Crippen LogP contribution in [0.15, 0.2) is 0 Å². The van der Waals surface area contributed by atoms with Gasteiger partial charge in [0, 0.05) is 18.0 Å². The molecule has 2 rings (SSSR count). The normalized spacial score (nSPS) is 29.1. The van der Waals surface area contributed by atoms with Crippen LogP contribution in [0.2, 0.25) is 0 Å². The molecule has 20 heavy (non-hydrogen) atoms. The van der Waals surface area contributed by atoms with Crippen LogP contribution in [0.3, 0.4) is 0 Å². The largest absolute Gasteiger partial charge is 0.481 e. The maximum Gasteiger partial charge on any atom is 0.306 e. The molecule has 1 amide bonds. The molecule has 0 aliphatic heterocycles. The Morgan fingerprint density at radius 1 is 1.20 bits per heavy atom. The first-order valence-corrected chi connectivity index (χ1v) is 7.76. The average molecular weight is 282 g/mol. The van der Waals surface area contributed by atoms with Gasteiger partial charge in [0.25, 0.3) is 0 Å². The number of carboxylic acids is 1. The minimum absolute atomic E-state index is 0.0427. The lowest BCUT2D eigenvalue weighted by molar-refractivity contribution is -0.141. The fraction of sp³-hybridized carbons (Fsp3) is 0.867. The van der Waals surface area contributed by atoms with E-state index in [2.05, 4.69) is 10.6 Å². The Hall–Kier alpha value is -1.10. The molecular weight excluding hydrogens is 256 g/mol. The predicted molar refractivity (Wildman–Crippen MR) is 76.4 cm³/mol. The van der Waals surface area contributed by atoms with E-state index in [1.165, 1.54) is 19.3 Å². The van der Waals surface area contributed by atoms with Gasteiger partial charge >= 0.3 is 5.97 Å². The first kappa shape index (κ1) is 15.3. The van der Waals surface area contributed by atoms with E-state index < -0.39 is 5.97 Å². The Labute approximate surface area is 120 Å². The zero-order chi connectivity index (χ0) is 14.6. The fourth-order valence-electron chi connectivity index (χ4n) is 3.67. The second kappa shape index (κ2) is 6.57. The molecule has 0 radical (unpaired) electrons. The number of hydrogen-bond acceptors (Lipinski definition) is 3. The lowest BCUT2D eigenvalue weighted by atomic mass is 9.79. The Balaban J connectivity index is 1.81. The van der Waals surface area contributed by atoms with E-state index in [0.29, 0.717) is 19.3 Å². The highest BCUT2D eigenvalue weighted by Crippen LogP contribution is 2.31. The molecule has 2 unspecified atom stereocenters. The molecule has 2 saturated carbocycles. The van der Waals surface area contributed by atoms with Crippen molar-refractivity contribution in [2.45, 2.75) is 69.4 Å². The number of carboxylic acid groups (broad SMARTS) is 1. The van der Waals surface area contributed by atoms with Crippen molar-refractivity contribution < 1.29 is 14.7 Å². The molecule has 2 aliphatic carbocycles. The van der Waals surface area contributed by atoms with Gasteiger partial charge in [0.05, 0.1) is 5.92 Å². The minimum atomic E-state index is -0.735. The van der Waals surface area contributed by atoms with Crippen molar-refractivity contribution >= 4 is 11.9 Å². The third-order valence-corrected chi connectivity index (χ3v) is 4.99. The summed E-state index contributed by atoms with van der Waals surface area (Å²) < 4.78 is 0. The second-order valence-electron chi connectivity index (χ2n) is 6.38. The number of aliphatic carboxylic acids is 1. The highest BCUT2D eigenvalue weighted by atomic mass is 16.4. The zero-order valence-corrected chi connectivity index (χ0v) is 12.3. The van der Waals surface area contributed by atoms with Gasteiger partial charge in [0.2, 0.25) is 5.91 Å². The van der Waals surface area contributed by atoms with Crippen LogP contribution in [0.5, 0.6) is 0 Å².